The molecule has 1 N–H and O–H groups in total. The van der Waals surface area contributed by atoms with E-state index in [1.807, 2.05) is 0 Å². The maximum Gasteiger partial charge on any atom is 0.279 e. The fourth-order valence-corrected chi connectivity index (χ4v) is 4.06. The van der Waals surface area contributed by atoms with Crippen LogP contribution in [0.5, 0.6) is 0 Å². The van der Waals surface area contributed by atoms with Gasteiger partial charge in [0.25, 0.3) is 10.2 Å². The summed E-state index contributed by atoms with van der Waals surface area (Å²) in [5, 5.41) is 0. The van der Waals surface area contributed by atoms with Gasteiger partial charge in [-0.25, -0.2) is 4.72 Å². The minimum absolute atomic E-state index is 0.428. The molecule has 120 valence electrons. The van der Waals surface area contributed by atoms with Crippen LogP contribution in [-0.2, 0) is 10.2 Å². The fourth-order valence-electron chi connectivity index (χ4n) is 2.79. The average molecular weight is 305 g/mol. The molecule has 0 aromatic carbocycles. The third kappa shape index (κ3) is 5.68. The number of hydrogen-bond acceptors (Lipinski definition) is 3. The molecule has 0 aromatic heterocycles. The summed E-state index contributed by atoms with van der Waals surface area (Å²) in [6.45, 7) is 11.1. The third-order valence-electron chi connectivity index (χ3n) is 3.89. The van der Waals surface area contributed by atoms with Crippen molar-refractivity contribution in [1.82, 2.24) is 13.9 Å². The Morgan fingerprint density at radius 1 is 1.00 bits per heavy atom. The van der Waals surface area contributed by atoms with Crippen LogP contribution in [0.15, 0.2) is 0 Å². The second kappa shape index (κ2) is 8.32. The molecule has 0 unspecified atom stereocenters. The van der Waals surface area contributed by atoms with E-state index in [-0.39, 0.29) is 0 Å². The van der Waals surface area contributed by atoms with E-state index in [0.29, 0.717) is 31.7 Å². The van der Waals surface area contributed by atoms with Crippen molar-refractivity contribution in [2.24, 2.45) is 0 Å². The highest BCUT2D eigenvalue weighted by Gasteiger charge is 2.23. The molecule has 0 radical (unpaired) electrons. The Hall–Kier alpha value is -0.170. The molecule has 0 atom stereocenters. The lowest BCUT2D eigenvalue weighted by atomic mass is 10.2. The van der Waals surface area contributed by atoms with Crippen LogP contribution in [-0.4, -0.2) is 55.9 Å². The van der Waals surface area contributed by atoms with Gasteiger partial charge in [-0.05, 0) is 40.5 Å². The molecular formula is C14H31N3O2S. The van der Waals surface area contributed by atoms with Crippen LogP contribution in [0.1, 0.15) is 53.4 Å². The first-order chi connectivity index (χ1) is 9.34. The molecule has 1 rings (SSSR count). The van der Waals surface area contributed by atoms with E-state index in [9.17, 15) is 8.42 Å². The second-order valence-corrected chi connectivity index (χ2v) is 7.89. The van der Waals surface area contributed by atoms with Gasteiger partial charge in [-0.1, -0.05) is 12.8 Å². The Morgan fingerprint density at radius 2 is 1.50 bits per heavy atom. The van der Waals surface area contributed by atoms with Gasteiger partial charge in [-0.15, -0.1) is 0 Å². The van der Waals surface area contributed by atoms with Gasteiger partial charge >= 0.3 is 0 Å². The van der Waals surface area contributed by atoms with E-state index < -0.39 is 10.2 Å². The molecule has 1 heterocycles. The van der Waals surface area contributed by atoms with Crippen LogP contribution in [0.3, 0.4) is 0 Å². The van der Waals surface area contributed by atoms with Crippen LogP contribution < -0.4 is 4.72 Å². The van der Waals surface area contributed by atoms with Crippen molar-refractivity contribution in [3.63, 3.8) is 0 Å². The molecule has 1 aliphatic rings. The van der Waals surface area contributed by atoms with Crippen LogP contribution in [0.25, 0.3) is 0 Å². The summed E-state index contributed by atoms with van der Waals surface area (Å²) in [6.07, 6.45) is 4.23. The third-order valence-corrected chi connectivity index (χ3v) is 5.50. The van der Waals surface area contributed by atoms with Gasteiger partial charge in [0.1, 0.15) is 0 Å². The average Bonchev–Trinajstić information content (AvgIpc) is 2.62. The predicted molar refractivity (Wildman–Crippen MR) is 83.9 cm³/mol. The van der Waals surface area contributed by atoms with Gasteiger partial charge in [-0.2, -0.15) is 12.7 Å². The van der Waals surface area contributed by atoms with E-state index in [0.717, 1.165) is 32.2 Å². The van der Waals surface area contributed by atoms with Gasteiger partial charge in [0.15, 0.2) is 0 Å². The summed E-state index contributed by atoms with van der Waals surface area (Å²) >= 11 is 0. The molecule has 5 nitrogen and oxygen atoms in total. The lowest BCUT2D eigenvalue weighted by Gasteiger charge is -2.30. The van der Waals surface area contributed by atoms with Gasteiger partial charge < -0.3 is 0 Å². The molecule has 6 heteroatoms. The Morgan fingerprint density at radius 3 is 1.95 bits per heavy atom. The SMILES string of the molecule is CC(C)N(CCNS(=O)(=O)N1CCCCCC1)C(C)C. The van der Waals surface area contributed by atoms with Crippen LogP contribution in [0.2, 0.25) is 0 Å². The Balaban J connectivity index is 2.46. The summed E-state index contributed by atoms with van der Waals surface area (Å²) in [7, 11) is -3.30. The molecule has 1 fully saturated rings. The summed E-state index contributed by atoms with van der Waals surface area (Å²) < 4.78 is 28.9. The van der Waals surface area contributed by atoms with E-state index in [4.69, 9.17) is 0 Å². The molecule has 0 saturated carbocycles. The second-order valence-electron chi connectivity index (χ2n) is 6.14. The predicted octanol–water partition coefficient (Wildman–Crippen LogP) is 1.82. The van der Waals surface area contributed by atoms with E-state index in [1.54, 1.807) is 4.31 Å². The normalized spacial score (nSPS) is 18.9. The maximum atomic E-state index is 12.3. The monoisotopic (exact) mass is 305 g/mol. The Kier molecular flexibility index (Phi) is 7.43. The van der Waals surface area contributed by atoms with Crippen molar-refractivity contribution < 1.29 is 8.42 Å². The van der Waals surface area contributed by atoms with Gasteiger partial charge in [0.05, 0.1) is 0 Å². The number of nitrogens with one attached hydrogen (secondary N) is 1. The van der Waals surface area contributed by atoms with Crippen LogP contribution in [0, 0.1) is 0 Å². The zero-order valence-corrected chi connectivity index (χ0v) is 14.2. The first kappa shape index (κ1) is 17.9. The van der Waals surface area contributed by atoms with Gasteiger partial charge in [-0.3, -0.25) is 4.90 Å². The Bertz CT molecular complexity index is 353. The molecule has 0 amide bonds. The number of rotatable bonds is 7. The molecule has 0 aromatic rings. The van der Waals surface area contributed by atoms with Gasteiger partial charge in [0, 0.05) is 38.3 Å². The quantitative estimate of drug-likeness (QED) is 0.780. The summed E-state index contributed by atoms with van der Waals surface area (Å²) in [5.41, 5.74) is 0. The lowest BCUT2D eigenvalue weighted by Crippen LogP contribution is -2.46. The molecule has 0 aliphatic carbocycles. The first-order valence-corrected chi connectivity index (χ1v) is 9.29. The molecule has 20 heavy (non-hydrogen) atoms. The summed E-state index contributed by atoms with van der Waals surface area (Å²) in [5.74, 6) is 0. The van der Waals surface area contributed by atoms with E-state index >= 15 is 0 Å². The van der Waals surface area contributed by atoms with Crippen LogP contribution >= 0.6 is 0 Å². The zero-order chi connectivity index (χ0) is 15.2. The zero-order valence-electron chi connectivity index (χ0n) is 13.4. The highest BCUT2D eigenvalue weighted by atomic mass is 32.2. The first-order valence-electron chi connectivity index (χ1n) is 7.85. The van der Waals surface area contributed by atoms with Crippen molar-refractivity contribution in [2.45, 2.75) is 65.5 Å². The highest BCUT2D eigenvalue weighted by Crippen LogP contribution is 2.12. The Labute approximate surface area is 124 Å². The minimum atomic E-state index is -3.30. The van der Waals surface area contributed by atoms with Crippen molar-refractivity contribution in [3.05, 3.63) is 0 Å². The lowest BCUT2D eigenvalue weighted by molar-refractivity contribution is 0.178. The maximum absolute atomic E-state index is 12.3. The van der Waals surface area contributed by atoms with Crippen molar-refractivity contribution in [1.29, 1.82) is 0 Å². The van der Waals surface area contributed by atoms with E-state index in [2.05, 4.69) is 37.3 Å². The van der Waals surface area contributed by atoms with Crippen molar-refractivity contribution in [2.75, 3.05) is 26.2 Å². The molecular weight excluding hydrogens is 274 g/mol. The minimum Gasteiger partial charge on any atom is -0.297 e. The van der Waals surface area contributed by atoms with Gasteiger partial charge in [0.2, 0.25) is 0 Å². The smallest absolute Gasteiger partial charge is 0.279 e. The number of hydrogen-bond donors (Lipinski definition) is 1. The number of nitrogens with zero attached hydrogens (tertiary/aromatic N) is 2. The summed E-state index contributed by atoms with van der Waals surface area (Å²) in [6, 6.07) is 0.857. The molecule has 0 bridgehead atoms. The largest absolute Gasteiger partial charge is 0.297 e. The topological polar surface area (TPSA) is 52.7 Å². The molecule has 0 spiro atoms. The van der Waals surface area contributed by atoms with Crippen LogP contribution in [0.4, 0.5) is 0 Å². The standard InChI is InChI=1S/C14H31N3O2S/c1-13(2)17(14(3)4)12-9-15-20(18,19)16-10-7-5-6-8-11-16/h13-15H,5-12H2,1-4H3. The highest BCUT2D eigenvalue weighted by molar-refractivity contribution is 7.87. The van der Waals surface area contributed by atoms with E-state index in [1.165, 1.54) is 0 Å². The fraction of sp³-hybridized carbons (Fsp3) is 1.00. The summed E-state index contributed by atoms with van der Waals surface area (Å²) in [4.78, 5) is 2.30. The van der Waals surface area contributed by atoms with Crippen molar-refractivity contribution >= 4 is 10.2 Å². The van der Waals surface area contributed by atoms with Crippen molar-refractivity contribution in [3.8, 4) is 0 Å². The molecule has 1 aliphatic heterocycles. The molecule has 1 saturated heterocycles.